The summed E-state index contributed by atoms with van der Waals surface area (Å²) in [5.41, 5.74) is 2.88. The summed E-state index contributed by atoms with van der Waals surface area (Å²) in [6, 6.07) is 11.8. The lowest BCUT2D eigenvalue weighted by molar-refractivity contribution is 0.866. The number of rotatable bonds is 5. The molecule has 0 spiro atoms. The highest BCUT2D eigenvalue weighted by Gasteiger charge is 2.00. The van der Waals surface area contributed by atoms with Crippen LogP contribution in [0.15, 0.2) is 59.0 Å². The van der Waals surface area contributed by atoms with E-state index in [9.17, 15) is 0 Å². The normalized spacial score (nSPS) is 10.8. The molecule has 0 amide bonds. The minimum atomic E-state index is 0.808. The Morgan fingerprint density at radius 1 is 0.842 bits per heavy atom. The third kappa shape index (κ3) is 3.61. The van der Waals surface area contributed by atoms with E-state index in [-0.39, 0.29) is 0 Å². The Hall–Kier alpha value is -2.23. The Morgan fingerprint density at radius 2 is 1.37 bits per heavy atom. The van der Waals surface area contributed by atoms with Crippen molar-refractivity contribution in [2.45, 2.75) is 13.8 Å². The third-order valence-corrected chi connectivity index (χ3v) is 2.92. The number of azo groups is 1. The molecule has 1 aromatic heterocycles. The Balaban J connectivity index is 2.09. The molecule has 4 heteroatoms. The van der Waals surface area contributed by atoms with E-state index in [1.165, 1.54) is 5.69 Å². The van der Waals surface area contributed by atoms with E-state index in [2.05, 4.69) is 46.1 Å². The van der Waals surface area contributed by atoms with Gasteiger partial charge in [0, 0.05) is 31.2 Å². The van der Waals surface area contributed by atoms with Gasteiger partial charge in [-0.2, -0.15) is 10.2 Å². The van der Waals surface area contributed by atoms with E-state index < -0.39 is 0 Å². The molecule has 0 N–H and O–H groups in total. The van der Waals surface area contributed by atoms with E-state index in [4.69, 9.17) is 0 Å². The second-order valence-electron chi connectivity index (χ2n) is 4.09. The second-order valence-corrected chi connectivity index (χ2v) is 4.09. The quantitative estimate of drug-likeness (QED) is 0.744. The average molecular weight is 254 g/mol. The standard InChI is InChI=1S/C15H18N4/c1-3-19(4-2)15-7-5-13(6-8-15)17-18-14-9-11-16-12-10-14/h5-12H,3-4H2,1-2H3/b18-17+. The fourth-order valence-corrected chi connectivity index (χ4v) is 1.85. The average Bonchev–Trinajstić information content (AvgIpc) is 2.49. The highest BCUT2D eigenvalue weighted by atomic mass is 15.1. The molecule has 0 aliphatic rings. The summed E-state index contributed by atoms with van der Waals surface area (Å²) >= 11 is 0. The van der Waals surface area contributed by atoms with E-state index in [0.29, 0.717) is 0 Å². The summed E-state index contributed by atoms with van der Waals surface area (Å²) in [6.07, 6.45) is 3.41. The summed E-state index contributed by atoms with van der Waals surface area (Å²) in [5.74, 6) is 0. The number of anilines is 1. The van der Waals surface area contributed by atoms with Gasteiger partial charge in [-0.05, 0) is 50.2 Å². The minimum absolute atomic E-state index is 0.808. The van der Waals surface area contributed by atoms with E-state index >= 15 is 0 Å². The van der Waals surface area contributed by atoms with Gasteiger partial charge in [-0.1, -0.05) is 0 Å². The van der Waals surface area contributed by atoms with E-state index in [1.807, 2.05) is 24.3 Å². The summed E-state index contributed by atoms with van der Waals surface area (Å²) in [6.45, 7) is 6.32. The predicted molar refractivity (Wildman–Crippen MR) is 78.4 cm³/mol. The van der Waals surface area contributed by atoms with Gasteiger partial charge in [-0.15, -0.1) is 0 Å². The molecule has 0 unspecified atom stereocenters. The fourth-order valence-electron chi connectivity index (χ4n) is 1.85. The van der Waals surface area contributed by atoms with Crippen molar-refractivity contribution in [1.29, 1.82) is 0 Å². The number of nitrogens with zero attached hydrogens (tertiary/aromatic N) is 4. The monoisotopic (exact) mass is 254 g/mol. The Bertz CT molecular complexity index is 516. The number of aromatic nitrogens is 1. The van der Waals surface area contributed by atoms with Crippen LogP contribution in [0.4, 0.5) is 17.1 Å². The van der Waals surface area contributed by atoms with Crippen LogP contribution in [0.5, 0.6) is 0 Å². The van der Waals surface area contributed by atoms with Gasteiger partial charge in [0.05, 0.1) is 11.4 Å². The van der Waals surface area contributed by atoms with Crippen LogP contribution in [-0.2, 0) is 0 Å². The van der Waals surface area contributed by atoms with Crippen molar-refractivity contribution in [3.8, 4) is 0 Å². The zero-order valence-corrected chi connectivity index (χ0v) is 11.3. The first-order valence-corrected chi connectivity index (χ1v) is 6.50. The van der Waals surface area contributed by atoms with Crippen molar-refractivity contribution in [2.75, 3.05) is 18.0 Å². The van der Waals surface area contributed by atoms with Crippen LogP contribution in [0.2, 0.25) is 0 Å². The number of hydrogen-bond donors (Lipinski definition) is 0. The molecule has 19 heavy (non-hydrogen) atoms. The highest BCUT2D eigenvalue weighted by Crippen LogP contribution is 2.21. The van der Waals surface area contributed by atoms with Crippen molar-refractivity contribution in [2.24, 2.45) is 10.2 Å². The van der Waals surface area contributed by atoms with Gasteiger partial charge in [0.25, 0.3) is 0 Å². The van der Waals surface area contributed by atoms with Crippen LogP contribution in [0.1, 0.15) is 13.8 Å². The van der Waals surface area contributed by atoms with Gasteiger partial charge < -0.3 is 4.90 Å². The van der Waals surface area contributed by atoms with Crippen LogP contribution >= 0.6 is 0 Å². The minimum Gasteiger partial charge on any atom is -0.372 e. The SMILES string of the molecule is CCN(CC)c1ccc(/N=N/c2ccncc2)cc1. The Labute approximate surface area is 113 Å². The van der Waals surface area contributed by atoms with Crippen LogP contribution in [0, 0.1) is 0 Å². The molecular weight excluding hydrogens is 236 g/mol. The Kier molecular flexibility index (Phi) is 4.61. The number of pyridine rings is 1. The van der Waals surface area contributed by atoms with E-state index in [1.54, 1.807) is 12.4 Å². The molecule has 0 aliphatic heterocycles. The number of hydrogen-bond acceptors (Lipinski definition) is 4. The molecule has 0 radical (unpaired) electrons. The van der Waals surface area contributed by atoms with Crippen molar-refractivity contribution in [3.63, 3.8) is 0 Å². The van der Waals surface area contributed by atoms with Gasteiger partial charge in [-0.25, -0.2) is 0 Å². The smallest absolute Gasteiger partial charge is 0.0887 e. The lowest BCUT2D eigenvalue weighted by atomic mass is 10.2. The van der Waals surface area contributed by atoms with Crippen molar-refractivity contribution in [1.82, 2.24) is 4.98 Å². The molecule has 0 saturated heterocycles. The summed E-state index contributed by atoms with van der Waals surface area (Å²) in [7, 11) is 0. The predicted octanol–water partition coefficient (Wildman–Crippen LogP) is 4.34. The van der Waals surface area contributed by atoms with E-state index in [0.717, 1.165) is 24.5 Å². The molecule has 98 valence electrons. The molecule has 1 heterocycles. The topological polar surface area (TPSA) is 40.9 Å². The molecule has 0 atom stereocenters. The molecule has 0 fully saturated rings. The first kappa shape index (κ1) is 13.2. The number of benzene rings is 1. The first-order chi connectivity index (χ1) is 9.33. The summed E-state index contributed by atoms with van der Waals surface area (Å²) in [5, 5.41) is 8.37. The van der Waals surface area contributed by atoms with Crippen molar-refractivity contribution < 1.29 is 0 Å². The summed E-state index contributed by atoms with van der Waals surface area (Å²) < 4.78 is 0. The first-order valence-electron chi connectivity index (χ1n) is 6.50. The van der Waals surface area contributed by atoms with Crippen LogP contribution in [0.25, 0.3) is 0 Å². The second kappa shape index (κ2) is 6.64. The van der Waals surface area contributed by atoms with Crippen molar-refractivity contribution >= 4 is 17.1 Å². The molecule has 2 aromatic rings. The van der Waals surface area contributed by atoms with Crippen molar-refractivity contribution in [3.05, 3.63) is 48.8 Å². The Morgan fingerprint density at radius 3 is 1.89 bits per heavy atom. The molecule has 1 aromatic carbocycles. The van der Waals surface area contributed by atoms with Gasteiger partial charge >= 0.3 is 0 Å². The van der Waals surface area contributed by atoms with Crippen LogP contribution < -0.4 is 4.90 Å². The maximum atomic E-state index is 4.21. The molecular formula is C15H18N4. The largest absolute Gasteiger partial charge is 0.372 e. The molecule has 0 aliphatic carbocycles. The maximum absolute atomic E-state index is 4.21. The molecule has 0 saturated carbocycles. The zero-order valence-electron chi connectivity index (χ0n) is 11.3. The van der Waals surface area contributed by atoms with Gasteiger partial charge in [0.1, 0.15) is 0 Å². The molecule has 4 nitrogen and oxygen atoms in total. The van der Waals surface area contributed by atoms with Gasteiger partial charge in [0.2, 0.25) is 0 Å². The highest BCUT2D eigenvalue weighted by molar-refractivity contribution is 5.52. The third-order valence-electron chi connectivity index (χ3n) is 2.92. The van der Waals surface area contributed by atoms with Crippen LogP contribution in [-0.4, -0.2) is 18.1 Å². The lowest BCUT2D eigenvalue weighted by Crippen LogP contribution is -2.21. The van der Waals surface area contributed by atoms with Crippen LogP contribution in [0.3, 0.4) is 0 Å². The zero-order chi connectivity index (χ0) is 13.5. The molecule has 0 bridgehead atoms. The fraction of sp³-hybridized carbons (Fsp3) is 0.267. The lowest BCUT2D eigenvalue weighted by Gasteiger charge is -2.20. The maximum Gasteiger partial charge on any atom is 0.0887 e. The molecule has 2 rings (SSSR count). The van der Waals surface area contributed by atoms with Gasteiger partial charge in [0.15, 0.2) is 0 Å². The van der Waals surface area contributed by atoms with Gasteiger partial charge in [-0.3, -0.25) is 4.98 Å². The summed E-state index contributed by atoms with van der Waals surface area (Å²) in [4.78, 5) is 6.24.